The van der Waals surface area contributed by atoms with Gasteiger partial charge in [0, 0.05) is 18.8 Å². The first-order valence-electron chi connectivity index (χ1n) is 7.96. The highest BCUT2D eigenvalue weighted by Gasteiger charge is 2.30. The van der Waals surface area contributed by atoms with E-state index in [0.717, 1.165) is 25.9 Å². The van der Waals surface area contributed by atoms with Crippen LogP contribution in [0, 0.1) is 0 Å². The average Bonchev–Trinajstić information content (AvgIpc) is 3.17. The van der Waals surface area contributed by atoms with Crippen LogP contribution in [0.5, 0.6) is 0 Å². The summed E-state index contributed by atoms with van der Waals surface area (Å²) in [7, 11) is 0. The van der Waals surface area contributed by atoms with Gasteiger partial charge in [0.25, 0.3) is 0 Å². The van der Waals surface area contributed by atoms with Gasteiger partial charge in [0.1, 0.15) is 6.54 Å². The van der Waals surface area contributed by atoms with Crippen LogP contribution < -0.4 is 5.32 Å². The first-order valence-corrected chi connectivity index (χ1v) is 7.96. The number of carboxylic acids is 1. The molecule has 0 bridgehead atoms. The minimum atomic E-state index is -0.971. The van der Waals surface area contributed by atoms with Crippen molar-refractivity contribution in [1.82, 2.24) is 14.7 Å². The van der Waals surface area contributed by atoms with E-state index in [9.17, 15) is 9.59 Å². The lowest BCUT2D eigenvalue weighted by molar-refractivity contribution is -0.137. The SMILES string of the molecule is O=C(O)Cn1ccc(NC(=O)C2CCCN2Cc2ccccc2)n1. The molecule has 0 radical (unpaired) electrons. The lowest BCUT2D eigenvalue weighted by Gasteiger charge is -2.23. The number of aromatic nitrogens is 2. The third-order valence-corrected chi connectivity index (χ3v) is 4.08. The van der Waals surface area contributed by atoms with E-state index in [1.807, 2.05) is 18.2 Å². The Morgan fingerprint density at radius 1 is 1.25 bits per heavy atom. The molecule has 126 valence electrons. The van der Waals surface area contributed by atoms with Gasteiger partial charge < -0.3 is 10.4 Å². The Morgan fingerprint density at radius 3 is 2.79 bits per heavy atom. The fourth-order valence-corrected chi connectivity index (χ4v) is 2.99. The van der Waals surface area contributed by atoms with Crippen molar-refractivity contribution in [1.29, 1.82) is 0 Å². The summed E-state index contributed by atoms with van der Waals surface area (Å²) in [5.41, 5.74) is 1.18. The Kier molecular flexibility index (Phi) is 4.90. The third-order valence-electron chi connectivity index (χ3n) is 4.08. The van der Waals surface area contributed by atoms with Crippen molar-refractivity contribution in [2.45, 2.75) is 32.0 Å². The van der Waals surface area contributed by atoms with E-state index in [2.05, 4.69) is 27.4 Å². The number of carbonyl (C=O) groups is 2. The maximum Gasteiger partial charge on any atom is 0.325 e. The van der Waals surface area contributed by atoms with Gasteiger partial charge in [0.2, 0.25) is 5.91 Å². The fourth-order valence-electron chi connectivity index (χ4n) is 2.99. The number of rotatable bonds is 6. The number of hydrogen-bond acceptors (Lipinski definition) is 4. The molecule has 1 aromatic heterocycles. The van der Waals surface area contributed by atoms with Gasteiger partial charge in [0.05, 0.1) is 6.04 Å². The van der Waals surface area contributed by atoms with E-state index in [0.29, 0.717) is 5.82 Å². The molecule has 1 atom stereocenters. The summed E-state index contributed by atoms with van der Waals surface area (Å²) in [6.07, 6.45) is 3.34. The van der Waals surface area contributed by atoms with Gasteiger partial charge in [-0.25, -0.2) is 0 Å². The Labute approximate surface area is 139 Å². The summed E-state index contributed by atoms with van der Waals surface area (Å²) in [6, 6.07) is 11.5. The molecule has 0 saturated carbocycles. The molecule has 0 spiro atoms. The van der Waals surface area contributed by atoms with Crippen molar-refractivity contribution >= 4 is 17.7 Å². The summed E-state index contributed by atoms with van der Waals surface area (Å²) >= 11 is 0. The average molecular weight is 328 g/mol. The number of nitrogens with one attached hydrogen (secondary N) is 1. The highest BCUT2D eigenvalue weighted by Crippen LogP contribution is 2.21. The molecule has 1 aromatic carbocycles. The van der Waals surface area contributed by atoms with Crippen molar-refractivity contribution in [2.24, 2.45) is 0 Å². The van der Waals surface area contributed by atoms with Crippen molar-refractivity contribution in [2.75, 3.05) is 11.9 Å². The van der Waals surface area contributed by atoms with Crippen molar-refractivity contribution in [3.8, 4) is 0 Å². The van der Waals surface area contributed by atoms with Crippen LogP contribution in [0.3, 0.4) is 0 Å². The van der Waals surface area contributed by atoms with Crippen LogP contribution in [0.2, 0.25) is 0 Å². The Balaban J connectivity index is 1.61. The van der Waals surface area contributed by atoms with Gasteiger partial charge in [-0.3, -0.25) is 19.2 Å². The fraction of sp³-hybridized carbons (Fsp3) is 0.353. The van der Waals surface area contributed by atoms with E-state index in [1.54, 1.807) is 12.3 Å². The highest BCUT2D eigenvalue weighted by atomic mass is 16.4. The standard InChI is InChI=1S/C17H20N4O3/c22-16(23)12-21-10-8-15(19-21)18-17(24)14-7-4-9-20(14)11-13-5-2-1-3-6-13/h1-3,5-6,8,10,14H,4,7,9,11-12H2,(H,22,23)(H,18,19,24). The minimum Gasteiger partial charge on any atom is -0.480 e. The number of likely N-dealkylation sites (tertiary alicyclic amines) is 1. The van der Waals surface area contributed by atoms with Crippen LogP contribution in [0.1, 0.15) is 18.4 Å². The van der Waals surface area contributed by atoms with Crippen LogP contribution >= 0.6 is 0 Å². The number of benzene rings is 1. The molecule has 1 amide bonds. The summed E-state index contributed by atoms with van der Waals surface area (Å²) in [4.78, 5) is 25.4. The van der Waals surface area contributed by atoms with E-state index in [-0.39, 0.29) is 18.5 Å². The van der Waals surface area contributed by atoms with Crippen molar-refractivity contribution in [3.05, 3.63) is 48.2 Å². The molecular weight excluding hydrogens is 308 g/mol. The molecule has 1 saturated heterocycles. The quantitative estimate of drug-likeness (QED) is 0.840. The molecule has 2 aromatic rings. The molecule has 1 fully saturated rings. The number of anilines is 1. The second-order valence-corrected chi connectivity index (χ2v) is 5.90. The first-order chi connectivity index (χ1) is 11.6. The predicted molar refractivity (Wildman–Crippen MR) is 88.4 cm³/mol. The number of amides is 1. The van der Waals surface area contributed by atoms with Crippen molar-refractivity contribution in [3.63, 3.8) is 0 Å². The van der Waals surface area contributed by atoms with Crippen LogP contribution in [0.25, 0.3) is 0 Å². The van der Waals surface area contributed by atoms with Crippen LogP contribution in [0.4, 0.5) is 5.82 Å². The molecule has 7 nitrogen and oxygen atoms in total. The molecule has 3 rings (SSSR count). The zero-order chi connectivity index (χ0) is 16.9. The van der Waals surface area contributed by atoms with Gasteiger partial charge in [-0.2, -0.15) is 5.10 Å². The molecule has 24 heavy (non-hydrogen) atoms. The van der Waals surface area contributed by atoms with Gasteiger partial charge in [0.15, 0.2) is 5.82 Å². The maximum atomic E-state index is 12.5. The van der Waals surface area contributed by atoms with E-state index >= 15 is 0 Å². The largest absolute Gasteiger partial charge is 0.480 e. The highest BCUT2D eigenvalue weighted by molar-refractivity contribution is 5.94. The van der Waals surface area contributed by atoms with Gasteiger partial charge in [-0.15, -0.1) is 0 Å². The van der Waals surface area contributed by atoms with Gasteiger partial charge >= 0.3 is 5.97 Å². The normalized spacial score (nSPS) is 17.8. The predicted octanol–water partition coefficient (Wildman–Crippen LogP) is 1.57. The monoisotopic (exact) mass is 328 g/mol. The zero-order valence-corrected chi connectivity index (χ0v) is 13.3. The molecule has 2 heterocycles. The third kappa shape index (κ3) is 3.99. The number of aliphatic carboxylic acids is 1. The number of nitrogens with zero attached hydrogens (tertiary/aromatic N) is 3. The second kappa shape index (κ2) is 7.27. The van der Waals surface area contributed by atoms with E-state index in [4.69, 9.17) is 5.11 Å². The molecule has 7 heteroatoms. The molecular formula is C17H20N4O3. The summed E-state index contributed by atoms with van der Waals surface area (Å²) in [5.74, 6) is -0.683. The molecule has 2 N–H and O–H groups in total. The number of carbonyl (C=O) groups excluding carboxylic acids is 1. The van der Waals surface area contributed by atoms with E-state index < -0.39 is 5.97 Å². The Hall–Kier alpha value is -2.67. The van der Waals surface area contributed by atoms with Gasteiger partial charge in [-0.05, 0) is 24.9 Å². The van der Waals surface area contributed by atoms with Gasteiger partial charge in [-0.1, -0.05) is 30.3 Å². The molecule has 1 aliphatic heterocycles. The summed E-state index contributed by atoms with van der Waals surface area (Å²) < 4.78 is 1.29. The first kappa shape index (κ1) is 16.2. The van der Waals surface area contributed by atoms with Crippen molar-refractivity contribution < 1.29 is 14.7 Å². The topological polar surface area (TPSA) is 87.5 Å². The molecule has 1 aliphatic rings. The van der Waals surface area contributed by atoms with Crippen LogP contribution in [0.15, 0.2) is 42.6 Å². The number of carboxylic acid groups (broad SMARTS) is 1. The second-order valence-electron chi connectivity index (χ2n) is 5.90. The van der Waals surface area contributed by atoms with E-state index in [1.165, 1.54) is 10.2 Å². The summed E-state index contributed by atoms with van der Waals surface area (Å²) in [5, 5.41) is 15.6. The smallest absolute Gasteiger partial charge is 0.325 e. The van der Waals surface area contributed by atoms with Crippen LogP contribution in [-0.2, 0) is 22.7 Å². The summed E-state index contributed by atoms with van der Waals surface area (Å²) in [6.45, 7) is 1.41. The zero-order valence-electron chi connectivity index (χ0n) is 13.3. The Morgan fingerprint density at radius 2 is 2.04 bits per heavy atom. The lowest BCUT2D eigenvalue weighted by atomic mass is 10.1. The Bertz CT molecular complexity index is 714. The molecule has 0 aliphatic carbocycles. The lowest BCUT2D eigenvalue weighted by Crippen LogP contribution is -2.39. The maximum absolute atomic E-state index is 12.5. The van der Waals surface area contributed by atoms with Crippen LogP contribution in [-0.4, -0.2) is 44.3 Å². The minimum absolute atomic E-state index is 0.0935. The number of hydrogen-bond donors (Lipinski definition) is 2. The molecule has 1 unspecified atom stereocenters.